The molecule has 0 unspecified atom stereocenters. The molecule has 0 aliphatic heterocycles. The van der Waals surface area contributed by atoms with Crippen LogP contribution in [0.4, 0.5) is 4.39 Å². The average Bonchev–Trinajstić information content (AvgIpc) is 3.49. The van der Waals surface area contributed by atoms with Crippen molar-refractivity contribution >= 4 is 11.8 Å². The molecular formula is C33H34FN3O3. The van der Waals surface area contributed by atoms with Gasteiger partial charge in [0.05, 0.1) is 7.11 Å². The topological polar surface area (TPSA) is 74.4 Å². The van der Waals surface area contributed by atoms with E-state index in [0.717, 1.165) is 48.9 Å². The first kappa shape index (κ1) is 27.2. The molecule has 40 heavy (non-hydrogen) atoms. The summed E-state index contributed by atoms with van der Waals surface area (Å²) in [6.07, 6.45) is 5.10. The van der Waals surface area contributed by atoms with Gasteiger partial charge in [-0.2, -0.15) is 0 Å². The van der Waals surface area contributed by atoms with Crippen LogP contribution in [-0.4, -0.2) is 34.8 Å². The molecule has 1 aromatic heterocycles. The largest absolute Gasteiger partial charge is 0.497 e. The standard InChI is InChI=1S/C33H34FN3O3/c1-40-28-18-12-23(13-19-28)22-37(33(39)30-21-20-29(36-30)24-8-4-2-5-9-24)31(25-14-16-26(34)17-15-25)32(38)35-27-10-6-3-7-11-27/h2,4-5,8-9,12-21,27,31,36H,3,6-7,10-11,22H2,1H3,(H,35,38)/t31-/m1/s1. The highest BCUT2D eigenvalue weighted by Crippen LogP contribution is 2.29. The zero-order valence-corrected chi connectivity index (χ0v) is 22.6. The number of amides is 2. The minimum atomic E-state index is -0.958. The Bertz CT molecular complexity index is 1410. The second-order valence-electron chi connectivity index (χ2n) is 10.2. The van der Waals surface area contributed by atoms with Gasteiger partial charge in [0.2, 0.25) is 5.91 Å². The maximum absolute atomic E-state index is 14.2. The molecule has 206 valence electrons. The van der Waals surface area contributed by atoms with Crippen molar-refractivity contribution < 1.29 is 18.7 Å². The van der Waals surface area contributed by atoms with Gasteiger partial charge in [0.1, 0.15) is 23.3 Å². The Kier molecular flexibility index (Phi) is 8.59. The summed E-state index contributed by atoms with van der Waals surface area (Å²) >= 11 is 0. The molecule has 0 spiro atoms. The van der Waals surface area contributed by atoms with E-state index in [1.54, 1.807) is 30.2 Å². The molecule has 5 rings (SSSR count). The third-order valence-corrected chi connectivity index (χ3v) is 7.47. The minimum Gasteiger partial charge on any atom is -0.497 e. The van der Waals surface area contributed by atoms with Gasteiger partial charge in [-0.25, -0.2) is 4.39 Å². The quantitative estimate of drug-likeness (QED) is 0.250. The third-order valence-electron chi connectivity index (χ3n) is 7.47. The van der Waals surface area contributed by atoms with E-state index in [9.17, 15) is 14.0 Å². The molecule has 6 nitrogen and oxygen atoms in total. The maximum Gasteiger partial charge on any atom is 0.271 e. The van der Waals surface area contributed by atoms with Crippen LogP contribution in [0, 0.1) is 5.82 Å². The smallest absolute Gasteiger partial charge is 0.271 e. The summed E-state index contributed by atoms with van der Waals surface area (Å²) in [5.41, 5.74) is 3.50. The molecule has 2 amide bonds. The number of nitrogens with zero attached hydrogens (tertiary/aromatic N) is 1. The summed E-state index contributed by atoms with van der Waals surface area (Å²) in [7, 11) is 1.60. The van der Waals surface area contributed by atoms with E-state index in [-0.39, 0.29) is 24.4 Å². The first-order chi connectivity index (χ1) is 19.5. The summed E-state index contributed by atoms with van der Waals surface area (Å²) in [4.78, 5) is 33.0. The summed E-state index contributed by atoms with van der Waals surface area (Å²) in [6.45, 7) is 0.169. The van der Waals surface area contributed by atoms with Crippen molar-refractivity contribution in [1.82, 2.24) is 15.2 Å². The molecule has 0 radical (unpaired) electrons. The van der Waals surface area contributed by atoms with Gasteiger partial charge in [-0.15, -0.1) is 0 Å². The number of carbonyl (C=O) groups excluding carboxylic acids is 2. The molecule has 1 fully saturated rings. The second-order valence-corrected chi connectivity index (χ2v) is 10.2. The molecule has 1 aliphatic rings. The van der Waals surface area contributed by atoms with E-state index in [1.807, 2.05) is 60.7 Å². The van der Waals surface area contributed by atoms with E-state index in [0.29, 0.717) is 17.0 Å². The Morgan fingerprint density at radius 1 is 0.925 bits per heavy atom. The number of aromatic amines is 1. The van der Waals surface area contributed by atoms with E-state index in [2.05, 4.69) is 10.3 Å². The lowest BCUT2D eigenvalue weighted by Gasteiger charge is -2.33. The van der Waals surface area contributed by atoms with Gasteiger partial charge >= 0.3 is 0 Å². The van der Waals surface area contributed by atoms with Crippen molar-refractivity contribution in [1.29, 1.82) is 0 Å². The van der Waals surface area contributed by atoms with Crippen molar-refractivity contribution in [2.45, 2.75) is 50.7 Å². The summed E-state index contributed by atoms with van der Waals surface area (Å²) in [6, 6.07) is 25.7. The van der Waals surface area contributed by atoms with Crippen LogP contribution in [0.25, 0.3) is 11.3 Å². The number of carbonyl (C=O) groups is 2. The Hall–Kier alpha value is -4.39. The fourth-order valence-electron chi connectivity index (χ4n) is 5.31. The molecule has 1 atom stereocenters. The molecule has 1 saturated carbocycles. The van der Waals surface area contributed by atoms with Crippen LogP contribution in [0.2, 0.25) is 0 Å². The number of benzene rings is 3. The van der Waals surface area contributed by atoms with Crippen LogP contribution < -0.4 is 10.1 Å². The van der Waals surface area contributed by atoms with Gasteiger partial charge in [-0.05, 0) is 65.9 Å². The van der Waals surface area contributed by atoms with E-state index < -0.39 is 11.9 Å². The molecule has 0 bridgehead atoms. The normalized spacial score (nSPS) is 14.3. The van der Waals surface area contributed by atoms with Crippen LogP contribution in [0.5, 0.6) is 5.75 Å². The molecule has 2 N–H and O–H groups in total. The monoisotopic (exact) mass is 539 g/mol. The lowest BCUT2D eigenvalue weighted by Crippen LogP contribution is -2.47. The van der Waals surface area contributed by atoms with Crippen LogP contribution >= 0.6 is 0 Å². The Morgan fingerprint density at radius 3 is 2.30 bits per heavy atom. The third kappa shape index (κ3) is 6.42. The Morgan fingerprint density at radius 2 is 1.62 bits per heavy atom. The van der Waals surface area contributed by atoms with Crippen molar-refractivity contribution in [2.24, 2.45) is 0 Å². The van der Waals surface area contributed by atoms with Gasteiger partial charge < -0.3 is 19.9 Å². The van der Waals surface area contributed by atoms with Crippen LogP contribution in [0.15, 0.2) is 91.0 Å². The fraction of sp³-hybridized carbons (Fsp3) is 0.273. The predicted octanol–water partition coefficient (Wildman–Crippen LogP) is 6.66. The number of methoxy groups -OCH3 is 1. The Balaban J connectivity index is 1.53. The first-order valence-corrected chi connectivity index (χ1v) is 13.8. The highest BCUT2D eigenvalue weighted by atomic mass is 19.1. The molecule has 1 heterocycles. The molecular weight excluding hydrogens is 505 g/mol. The van der Waals surface area contributed by atoms with E-state index in [4.69, 9.17) is 4.74 Å². The van der Waals surface area contributed by atoms with Crippen molar-refractivity contribution in [3.63, 3.8) is 0 Å². The number of halogens is 1. The molecule has 7 heteroatoms. The van der Waals surface area contributed by atoms with Crippen molar-refractivity contribution in [3.8, 4) is 17.0 Å². The van der Waals surface area contributed by atoms with Gasteiger partial charge in [-0.3, -0.25) is 9.59 Å². The van der Waals surface area contributed by atoms with Crippen molar-refractivity contribution in [2.75, 3.05) is 7.11 Å². The number of H-pyrrole nitrogens is 1. The highest BCUT2D eigenvalue weighted by Gasteiger charge is 2.34. The number of hydrogen-bond acceptors (Lipinski definition) is 3. The van der Waals surface area contributed by atoms with Crippen LogP contribution in [0.1, 0.15) is 59.8 Å². The van der Waals surface area contributed by atoms with Gasteiger partial charge in [-0.1, -0.05) is 73.9 Å². The number of aromatic nitrogens is 1. The Labute approximate surface area is 234 Å². The zero-order chi connectivity index (χ0) is 27.9. The number of nitrogens with one attached hydrogen (secondary N) is 2. The summed E-state index contributed by atoms with van der Waals surface area (Å²) in [5, 5.41) is 3.20. The van der Waals surface area contributed by atoms with Gasteiger partial charge in [0, 0.05) is 18.3 Å². The molecule has 1 aliphatic carbocycles. The number of ether oxygens (including phenoxy) is 1. The lowest BCUT2D eigenvalue weighted by atomic mass is 9.94. The molecule has 3 aromatic carbocycles. The van der Waals surface area contributed by atoms with E-state index >= 15 is 0 Å². The van der Waals surface area contributed by atoms with Gasteiger partial charge in [0.25, 0.3) is 5.91 Å². The molecule has 0 saturated heterocycles. The zero-order valence-electron chi connectivity index (χ0n) is 22.6. The van der Waals surface area contributed by atoms with Crippen LogP contribution in [0.3, 0.4) is 0 Å². The van der Waals surface area contributed by atoms with Gasteiger partial charge in [0.15, 0.2) is 0 Å². The number of hydrogen-bond donors (Lipinski definition) is 2. The summed E-state index contributed by atoms with van der Waals surface area (Å²) < 4.78 is 19.2. The van der Waals surface area contributed by atoms with Crippen LogP contribution in [-0.2, 0) is 11.3 Å². The van der Waals surface area contributed by atoms with E-state index in [1.165, 1.54) is 12.1 Å². The fourth-order valence-corrected chi connectivity index (χ4v) is 5.31. The van der Waals surface area contributed by atoms with Crippen molar-refractivity contribution in [3.05, 3.63) is 114 Å². The lowest BCUT2D eigenvalue weighted by molar-refractivity contribution is -0.127. The average molecular weight is 540 g/mol. The SMILES string of the molecule is COc1ccc(CN(C(=O)c2ccc(-c3ccccc3)[nH]2)[C@@H](C(=O)NC2CCCCC2)c2ccc(F)cc2)cc1. The predicted molar refractivity (Wildman–Crippen MR) is 153 cm³/mol. The molecule has 4 aromatic rings. The highest BCUT2D eigenvalue weighted by molar-refractivity contribution is 5.97. The summed E-state index contributed by atoms with van der Waals surface area (Å²) in [5.74, 6) is -0.301. The second kappa shape index (κ2) is 12.6. The minimum absolute atomic E-state index is 0.0531. The maximum atomic E-state index is 14.2. The first-order valence-electron chi connectivity index (χ1n) is 13.8. The number of rotatable bonds is 9.